The van der Waals surface area contributed by atoms with Crippen molar-refractivity contribution in [1.29, 1.82) is 0 Å². The monoisotopic (exact) mass is 241 g/mol. The van der Waals surface area contributed by atoms with E-state index in [9.17, 15) is 4.79 Å². The fourth-order valence-electron chi connectivity index (χ4n) is 2.35. The van der Waals surface area contributed by atoms with Gasteiger partial charge in [0.2, 0.25) is 0 Å². The zero-order valence-electron chi connectivity index (χ0n) is 11.5. The van der Waals surface area contributed by atoms with Gasteiger partial charge in [-0.25, -0.2) is 4.79 Å². The number of rotatable bonds is 6. The van der Waals surface area contributed by atoms with Crippen molar-refractivity contribution < 1.29 is 4.79 Å². The van der Waals surface area contributed by atoms with Crippen LogP contribution in [0.3, 0.4) is 0 Å². The third-order valence-electron chi connectivity index (χ3n) is 3.42. The average molecular weight is 241 g/mol. The number of amides is 2. The highest BCUT2D eigenvalue weighted by Crippen LogP contribution is 2.09. The predicted octanol–water partition coefficient (Wildman–Crippen LogP) is 1.77. The van der Waals surface area contributed by atoms with E-state index < -0.39 is 0 Å². The highest BCUT2D eigenvalue weighted by Gasteiger charge is 2.16. The van der Waals surface area contributed by atoms with E-state index in [0.717, 1.165) is 26.2 Å². The maximum atomic E-state index is 11.7. The molecule has 1 unspecified atom stereocenters. The summed E-state index contributed by atoms with van der Waals surface area (Å²) in [6, 6.07) is 0.0725. The first-order valence-electron chi connectivity index (χ1n) is 6.92. The summed E-state index contributed by atoms with van der Waals surface area (Å²) in [4.78, 5) is 16.1. The Bertz CT molecular complexity index is 223. The Morgan fingerprint density at radius 1 is 1.29 bits per heavy atom. The molecule has 1 aliphatic heterocycles. The van der Waals surface area contributed by atoms with Crippen molar-refractivity contribution >= 4 is 6.03 Å². The van der Waals surface area contributed by atoms with Crippen LogP contribution >= 0.6 is 0 Å². The van der Waals surface area contributed by atoms with Crippen LogP contribution < -0.4 is 5.32 Å². The van der Waals surface area contributed by atoms with E-state index in [1.807, 2.05) is 18.7 Å². The van der Waals surface area contributed by atoms with Crippen molar-refractivity contribution in [2.75, 3.05) is 39.3 Å². The summed E-state index contributed by atoms with van der Waals surface area (Å²) in [6.45, 7) is 12.1. The van der Waals surface area contributed by atoms with Gasteiger partial charge in [-0.3, -0.25) is 0 Å². The third kappa shape index (κ3) is 4.94. The molecule has 0 radical (unpaired) electrons. The van der Waals surface area contributed by atoms with Gasteiger partial charge in [-0.1, -0.05) is 6.92 Å². The Balaban J connectivity index is 2.17. The molecule has 0 saturated carbocycles. The van der Waals surface area contributed by atoms with Gasteiger partial charge in [-0.2, -0.15) is 0 Å². The van der Waals surface area contributed by atoms with Crippen molar-refractivity contribution in [3.8, 4) is 0 Å². The maximum Gasteiger partial charge on any atom is 0.317 e. The Morgan fingerprint density at radius 3 is 2.41 bits per heavy atom. The molecule has 1 saturated heterocycles. The Kier molecular flexibility index (Phi) is 6.34. The van der Waals surface area contributed by atoms with Crippen LogP contribution in [0, 0.1) is 5.92 Å². The first kappa shape index (κ1) is 14.3. The molecule has 0 aromatic carbocycles. The van der Waals surface area contributed by atoms with Crippen LogP contribution in [0.4, 0.5) is 4.79 Å². The van der Waals surface area contributed by atoms with Crippen LogP contribution in [0.15, 0.2) is 0 Å². The van der Waals surface area contributed by atoms with Crippen LogP contribution in [0.1, 0.15) is 33.6 Å². The van der Waals surface area contributed by atoms with E-state index in [1.54, 1.807) is 0 Å². The molecular formula is C13H27N3O. The first-order valence-corrected chi connectivity index (χ1v) is 6.92. The molecule has 100 valence electrons. The number of hydrogen-bond donors (Lipinski definition) is 1. The van der Waals surface area contributed by atoms with Crippen molar-refractivity contribution in [2.45, 2.75) is 33.6 Å². The van der Waals surface area contributed by atoms with Crippen molar-refractivity contribution in [2.24, 2.45) is 5.92 Å². The number of urea groups is 1. The smallest absolute Gasteiger partial charge is 0.317 e. The molecule has 1 heterocycles. The molecule has 1 atom stereocenters. The lowest BCUT2D eigenvalue weighted by Crippen LogP contribution is -2.42. The Morgan fingerprint density at radius 2 is 1.88 bits per heavy atom. The van der Waals surface area contributed by atoms with Gasteiger partial charge < -0.3 is 15.1 Å². The summed E-state index contributed by atoms with van der Waals surface area (Å²) in [5, 5.41) is 3.02. The van der Waals surface area contributed by atoms with Crippen molar-refractivity contribution in [3.05, 3.63) is 0 Å². The minimum Gasteiger partial charge on any atom is -0.338 e. The second-order valence-corrected chi connectivity index (χ2v) is 4.97. The van der Waals surface area contributed by atoms with Crippen LogP contribution in [-0.2, 0) is 0 Å². The van der Waals surface area contributed by atoms with Crippen LogP contribution in [-0.4, -0.2) is 55.1 Å². The maximum absolute atomic E-state index is 11.7. The predicted molar refractivity (Wildman–Crippen MR) is 71.2 cm³/mol. The molecule has 4 nitrogen and oxygen atoms in total. The van der Waals surface area contributed by atoms with Gasteiger partial charge in [-0.15, -0.1) is 0 Å². The second kappa shape index (κ2) is 7.54. The largest absolute Gasteiger partial charge is 0.338 e. The van der Waals surface area contributed by atoms with Crippen LogP contribution in [0.25, 0.3) is 0 Å². The van der Waals surface area contributed by atoms with E-state index in [4.69, 9.17) is 0 Å². The summed E-state index contributed by atoms with van der Waals surface area (Å²) in [5.41, 5.74) is 0. The summed E-state index contributed by atoms with van der Waals surface area (Å²) in [6.07, 6.45) is 2.66. The minimum absolute atomic E-state index is 0.0725. The number of nitrogens with one attached hydrogen (secondary N) is 1. The number of carbonyl (C=O) groups excluding carboxylic acids is 1. The molecular weight excluding hydrogens is 214 g/mol. The molecule has 1 rings (SSSR count). The van der Waals surface area contributed by atoms with Crippen LogP contribution in [0.2, 0.25) is 0 Å². The highest BCUT2D eigenvalue weighted by molar-refractivity contribution is 5.74. The molecule has 1 N–H and O–H groups in total. The zero-order chi connectivity index (χ0) is 12.7. The second-order valence-electron chi connectivity index (χ2n) is 4.97. The standard InChI is InChI=1S/C13H27N3O/c1-4-16(5-2)13(17)14-10-12(3)11-15-8-6-7-9-15/h12H,4-11H2,1-3H3,(H,14,17). The zero-order valence-corrected chi connectivity index (χ0v) is 11.5. The van der Waals surface area contributed by atoms with Crippen LogP contribution in [0.5, 0.6) is 0 Å². The first-order chi connectivity index (χ1) is 8.17. The molecule has 2 amide bonds. The van der Waals surface area contributed by atoms with Crippen molar-refractivity contribution in [3.63, 3.8) is 0 Å². The summed E-state index contributed by atoms with van der Waals surface area (Å²) in [5.74, 6) is 0.535. The van der Waals surface area contributed by atoms with Gasteiger partial charge in [0.1, 0.15) is 0 Å². The SMILES string of the molecule is CCN(CC)C(=O)NCC(C)CN1CCCC1. The molecule has 0 aromatic heterocycles. The van der Waals surface area contributed by atoms with E-state index in [2.05, 4.69) is 17.1 Å². The van der Waals surface area contributed by atoms with Gasteiger partial charge in [0.05, 0.1) is 0 Å². The van der Waals surface area contributed by atoms with E-state index in [1.165, 1.54) is 25.9 Å². The van der Waals surface area contributed by atoms with Gasteiger partial charge in [0, 0.05) is 26.2 Å². The van der Waals surface area contributed by atoms with Crippen molar-refractivity contribution in [1.82, 2.24) is 15.1 Å². The molecule has 0 aliphatic carbocycles. The summed E-state index contributed by atoms with van der Waals surface area (Å²) < 4.78 is 0. The lowest BCUT2D eigenvalue weighted by Gasteiger charge is -2.23. The molecule has 1 fully saturated rings. The summed E-state index contributed by atoms with van der Waals surface area (Å²) >= 11 is 0. The molecule has 17 heavy (non-hydrogen) atoms. The third-order valence-corrected chi connectivity index (χ3v) is 3.42. The Hall–Kier alpha value is -0.770. The van der Waals surface area contributed by atoms with E-state index >= 15 is 0 Å². The number of nitrogens with zero attached hydrogens (tertiary/aromatic N) is 2. The molecule has 0 spiro atoms. The van der Waals surface area contributed by atoms with E-state index in [-0.39, 0.29) is 6.03 Å². The quantitative estimate of drug-likeness (QED) is 0.769. The molecule has 4 heteroatoms. The normalized spacial score (nSPS) is 18.1. The lowest BCUT2D eigenvalue weighted by molar-refractivity contribution is 0.199. The molecule has 0 bridgehead atoms. The van der Waals surface area contributed by atoms with Gasteiger partial charge >= 0.3 is 6.03 Å². The highest BCUT2D eigenvalue weighted by atomic mass is 16.2. The fraction of sp³-hybridized carbons (Fsp3) is 0.923. The van der Waals surface area contributed by atoms with Gasteiger partial charge in [0.25, 0.3) is 0 Å². The number of likely N-dealkylation sites (tertiary alicyclic amines) is 1. The van der Waals surface area contributed by atoms with E-state index in [0.29, 0.717) is 5.92 Å². The van der Waals surface area contributed by atoms with Gasteiger partial charge in [0.15, 0.2) is 0 Å². The van der Waals surface area contributed by atoms with Gasteiger partial charge in [-0.05, 0) is 45.7 Å². The molecule has 0 aromatic rings. The lowest BCUT2D eigenvalue weighted by atomic mass is 10.1. The summed E-state index contributed by atoms with van der Waals surface area (Å²) in [7, 11) is 0. The fourth-order valence-corrected chi connectivity index (χ4v) is 2.35. The minimum atomic E-state index is 0.0725. The average Bonchev–Trinajstić information content (AvgIpc) is 2.81. The topological polar surface area (TPSA) is 35.6 Å². The number of carbonyl (C=O) groups is 1. The Labute approximate surface area is 105 Å². The molecule has 1 aliphatic rings. The number of hydrogen-bond acceptors (Lipinski definition) is 2.